The van der Waals surface area contributed by atoms with Crippen LogP contribution in [0.3, 0.4) is 0 Å². The first-order valence-electron chi connectivity index (χ1n) is 7.54. The van der Waals surface area contributed by atoms with Crippen molar-refractivity contribution in [3.63, 3.8) is 0 Å². The van der Waals surface area contributed by atoms with Crippen LogP contribution in [0, 0.1) is 6.92 Å². The van der Waals surface area contributed by atoms with Gasteiger partial charge in [0.25, 0.3) is 0 Å². The van der Waals surface area contributed by atoms with Crippen molar-refractivity contribution >= 4 is 27.4 Å². The number of aromatic nitrogens is 4. The molecule has 1 aliphatic rings. The number of aryl methyl sites for hydroxylation is 1. The van der Waals surface area contributed by atoms with Crippen LogP contribution in [0.25, 0.3) is 10.2 Å². The van der Waals surface area contributed by atoms with Crippen LogP contribution >= 0.6 is 11.3 Å². The zero-order valence-electron chi connectivity index (χ0n) is 12.4. The zero-order chi connectivity index (χ0) is 14.9. The Bertz CT molecular complexity index is 786. The van der Waals surface area contributed by atoms with Crippen LogP contribution in [0.15, 0.2) is 30.0 Å². The van der Waals surface area contributed by atoms with Crippen LogP contribution in [-0.2, 0) is 0 Å². The normalized spacial score (nSPS) is 18.8. The molecule has 1 aliphatic heterocycles. The average Bonchev–Trinajstić information content (AvgIpc) is 3.03. The Morgan fingerprint density at radius 2 is 2.23 bits per heavy atom. The monoisotopic (exact) mass is 311 g/mol. The highest BCUT2D eigenvalue weighted by Gasteiger charge is 2.25. The van der Waals surface area contributed by atoms with Gasteiger partial charge in [0.15, 0.2) is 0 Å². The molecule has 1 atom stereocenters. The van der Waals surface area contributed by atoms with Crippen LogP contribution in [0.4, 0.5) is 5.82 Å². The maximum absolute atomic E-state index is 4.72. The van der Waals surface area contributed by atoms with Crippen molar-refractivity contribution in [2.45, 2.75) is 25.7 Å². The maximum atomic E-state index is 4.72. The first-order chi connectivity index (χ1) is 10.8. The second kappa shape index (κ2) is 5.61. The van der Waals surface area contributed by atoms with Gasteiger partial charge in [-0.2, -0.15) is 0 Å². The number of rotatable bonds is 2. The number of hydrogen-bond acceptors (Lipinski definition) is 6. The summed E-state index contributed by atoms with van der Waals surface area (Å²) in [6.45, 7) is 3.97. The summed E-state index contributed by atoms with van der Waals surface area (Å²) in [6, 6.07) is 4.10. The minimum absolute atomic E-state index is 0.446. The Kier molecular flexibility index (Phi) is 3.46. The molecule has 3 aromatic rings. The number of hydrogen-bond donors (Lipinski definition) is 0. The zero-order valence-corrected chi connectivity index (χ0v) is 13.3. The largest absolute Gasteiger partial charge is 0.355 e. The molecule has 0 spiro atoms. The number of fused-ring (bicyclic) bond motifs is 1. The molecule has 0 bridgehead atoms. The van der Waals surface area contributed by atoms with Gasteiger partial charge in [0, 0.05) is 30.9 Å². The molecule has 0 N–H and O–H groups in total. The third-order valence-electron chi connectivity index (χ3n) is 4.14. The molecule has 4 rings (SSSR count). The van der Waals surface area contributed by atoms with Crippen LogP contribution in [-0.4, -0.2) is 33.0 Å². The fraction of sp³-hybridized carbons (Fsp3) is 0.375. The second-order valence-corrected chi connectivity index (χ2v) is 6.56. The van der Waals surface area contributed by atoms with Crippen molar-refractivity contribution in [3.8, 4) is 0 Å². The second-order valence-electron chi connectivity index (χ2n) is 5.65. The quantitative estimate of drug-likeness (QED) is 0.727. The summed E-state index contributed by atoms with van der Waals surface area (Å²) in [6.07, 6.45) is 5.80. The van der Waals surface area contributed by atoms with Gasteiger partial charge in [-0.25, -0.2) is 19.9 Å². The van der Waals surface area contributed by atoms with Gasteiger partial charge in [-0.1, -0.05) is 0 Å². The van der Waals surface area contributed by atoms with E-state index in [9.17, 15) is 0 Å². The van der Waals surface area contributed by atoms with Crippen molar-refractivity contribution in [3.05, 3.63) is 41.6 Å². The van der Waals surface area contributed by atoms with Crippen LogP contribution in [0.5, 0.6) is 0 Å². The molecule has 0 unspecified atom stereocenters. The molecule has 5 nitrogen and oxygen atoms in total. The van der Waals surface area contributed by atoms with E-state index >= 15 is 0 Å². The van der Waals surface area contributed by atoms with Crippen molar-refractivity contribution in [1.29, 1.82) is 0 Å². The van der Waals surface area contributed by atoms with Crippen molar-refractivity contribution < 1.29 is 0 Å². The average molecular weight is 311 g/mol. The third-order valence-corrected chi connectivity index (χ3v) is 5.04. The number of anilines is 1. The van der Waals surface area contributed by atoms with E-state index < -0.39 is 0 Å². The van der Waals surface area contributed by atoms with Gasteiger partial charge in [-0.3, -0.25) is 0 Å². The van der Waals surface area contributed by atoms with Gasteiger partial charge in [-0.15, -0.1) is 11.3 Å². The van der Waals surface area contributed by atoms with Crippen molar-refractivity contribution in [1.82, 2.24) is 19.9 Å². The number of nitrogens with zero attached hydrogens (tertiary/aromatic N) is 5. The highest BCUT2D eigenvalue weighted by molar-refractivity contribution is 7.17. The summed E-state index contributed by atoms with van der Waals surface area (Å²) < 4.78 is 1.19. The molecular formula is C16H17N5S. The Morgan fingerprint density at radius 1 is 1.27 bits per heavy atom. The molecule has 4 heterocycles. The Hall–Kier alpha value is -2.08. The lowest BCUT2D eigenvalue weighted by molar-refractivity contribution is 0.498. The predicted molar refractivity (Wildman–Crippen MR) is 88.4 cm³/mol. The minimum Gasteiger partial charge on any atom is -0.355 e. The van der Waals surface area contributed by atoms with E-state index in [4.69, 9.17) is 4.98 Å². The molecule has 6 heteroatoms. The van der Waals surface area contributed by atoms with Gasteiger partial charge in [0.2, 0.25) is 0 Å². The molecule has 3 aromatic heterocycles. The lowest BCUT2D eigenvalue weighted by atomic mass is 9.94. The molecule has 22 heavy (non-hydrogen) atoms. The van der Waals surface area contributed by atoms with Crippen LogP contribution < -0.4 is 4.90 Å². The topological polar surface area (TPSA) is 54.8 Å². The summed E-state index contributed by atoms with van der Waals surface area (Å²) in [4.78, 5) is 20.1. The highest BCUT2D eigenvalue weighted by Crippen LogP contribution is 2.33. The molecule has 0 radical (unpaired) electrons. The lowest BCUT2D eigenvalue weighted by Gasteiger charge is -2.33. The molecule has 0 amide bonds. The Labute approximate surface area is 133 Å². The standard InChI is InChI=1S/C16H17N5S/c1-11-19-14-5-8-22-15(14)16(20-11)21-7-2-3-12(9-21)13-4-6-17-10-18-13/h4-6,8,10,12H,2-3,7,9H2,1H3/t12-/m0/s1. The van der Waals surface area contributed by atoms with E-state index in [2.05, 4.69) is 31.3 Å². The Balaban J connectivity index is 1.68. The van der Waals surface area contributed by atoms with Gasteiger partial charge >= 0.3 is 0 Å². The molecule has 112 valence electrons. The first kappa shape index (κ1) is 13.6. The maximum Gasteiger partial charge on any atom is 0.150 e. The molecule has 0 aliphatic carbocycles. The number of piperidine rings is 1. The smallest absolute Gasteiger partial charge is 0.150 e. The fourth-order valence-electron chi connectivity index (χ4n) is 3.13. The number of thiophene rings is 1. The van der Waals surface area contributed by atoms with Gasteiger partial charge < -0.3 is 4.90 Å². The molecule has 0 saturated carbocycles. The van der Waals surface area contributed by atoms with Crippen molar-refractivity contribution in [2.75, 3.05) is 18.0 Å². The van der Waals surface area contributed by atoms with Gasteiger partial charge in [-0.05, 0) is 37.3 Å². The predicted octanol–water partition coefficient (Wildman–Crippen LogP) is 3.17. The van der Waals surface area contributed by atoms with E-state index in [1.165, 1.54) is 11.1 Å². The molecular weight excluding hydrogens is 294 g/mol. The van der Waals surface area contributed by atoms with Gasteiger partial charge in [0.05, 0.1) is 10.2 Å². The summed E-state index contributed by atoms with van der Waals surface area (Å²) in [7, 11) is 0. The summed E-state index contributed by atoms with van der Waals surface area (Å²) in [5.41, 5.74) is 2.18. The van der Waals surface area contributed by atoms with Crippen molar-refractivity contribution in [2.24, 2.45) is 0 Å². The summed E-state index contributed by atoms with van der Waals surface area (Å²) in [5.74, 6) is 2.36. The summed E-state index contributed by atoms with van der Waals surface area (Å²) in [5, 5.41) is 2.09. The molecule has 1 saturated heterocycles. The van der Waals surface area contributed by atoms with E-state index in [-0.39, 0.29) is 0 Å². The van der Waals surface area contributed by atoms with Gasteiger partial charge in [0.1, 0.15) is 18.0 Å². The van der Waals surface area contributed by atoms with E-state index in [1.54, 1.807) is 17.7 Å². The van der Waals surface area contributed by atoms with Crippen LogP contribution in [0.2, 0.25) is 0 Å². The molecule has 1 fully saturated rings. The fourth-order valence-corrected chi connectivity index (χ4v) is 3.98. The van der Waals surface area contributed by atoms with E-state index in [1.807, 2.05) is 19.2 Å². The van der Waals surface area contributed by atoms with E-state index in [0.717, 1.165) is 42.4 Å². The Morgan fingerprint density at radius 3 is 3.09 bits per heavy atom. The summed E-state index contributed by atoms with van der Waals surface area (Å²) >= 11 is 1.72. The third kappa shape index (κ3) is 2.43. The highest BCUT2D eigenvalue weighted by atomic mass is 32.1. The van der Waals surface area contributed by atoms with E-state index in [0.29, 0.717) is 5.92 Å². The SMILES string of the molecule is Cc1nc(N2CCC[C@H](c3ccncn3)C2)c2sccc2n1. The minimum atomic E-state index is 0.446. The molecule has 0 aromatic carbocycles. The first-order valence-corrected chi connectivity index (χ1v) is 8.42. The van der Waals surface area contributed by atoms with Crippen LogP contribution in [0.1, 0.15) is 30.3 Å². The lowest BCUT2D eigenvalue weighted by Crippen LogP contribution is -2.35.